The second-order valence-electron chi connectivity index (χ2n) is 9.75. The van der Waals surface area contributed by atoms with E-state index in [0.29, 0.717) is 18.5 Å². The summed E-state index contributed by atoms with van der Waals surface area (Å²) in [5, 5.41) is 14.4. The van der Waals surface area contributed by atoms with E-state index in [9.17, 15) is 14.4 Å². The molecule has 2 aromatic carbocycles. The van der Waals surface area contributed by atoms with E-state index >= 15 is 0 Å². The maximum Gasteiger partial charge on any atom is 0.410 e. The highest BCUT2D eigenvalue weighted by Gasteiger charge is 2.42. The van der Waals surface area contributed by atoms with Crippen LogP contribution in [-0.2, 0) is 20.9 Å². The van der Waals surface area contributed by atoms with Crippen molar-refractivity contribution >= 4 is 17.9 Å². The highest BCUT2D eigenvalue weighted by Crippen LogP contribution is 2.33. The second kappa shape index (κ2) is 11.0. The van der Waals surface area contributed by atoms with Crippen LogP contribution >= 0.6 is 0 Å². The molecular formula is C27H32N4O4. The Morgan fingerprint density at radius 1 is 1.11 bits per heavy atom. The van der Waals surface area contributed by atoms with Crippen molar-refractivity contribution in [3.63, 3.8) is 0 Å². The van der Waals surface area contributed by atoms with Crippen molar-refractivity contribution in [2.75, 3.05) is 6.54 Å². The van der Waals surface area contributed by atoms with Crippen molar-refractivity contribution < 1.29 is 19.1 Å². The molecule has 0 spiro atoms. The van der Waals surface area contributed by atoms with Gasteiger partial charge in [-0.25, -0.2) is 4.79 Å². The summed E-state index contributed by atoms with van der Waals surface area (Å²) in [5.41, 5.74) is 1.74. The van der Waals surface area contributed by atoms with Crippen molar-refractivity contribution in [1.29, 1.82) is 5.26 Å². The Morgan fingerprint density at radius 3 is 2.37 bits per heavy atom. The molecule has 2 aromatic rings. The third kappa shape index (κ3) is 7.06. The summed E-state index contributed by atoms with van der Waals surface area (Å²) in [6, 6.07) is 17.2. The van der Waals surface area contributed by atoms with Crippen LogP contribution in [0, 0.1) is 11.3 Å². The Kier molecular flexibility index (Phi) is 8.13. The van der Waals surface area contributed by atoms with Gasteiger partial charge >= 0.3 is 6.09 Å². The number of carbonyl (C=O) groups excluding carboxylic acids is 3. The van der Waals surface area contributed by atoms with E-state index < -0.39 is 29.7 Å². The lowest BCUT2D eigenvalue weighted by molar-refractivity contribution is -0.131. The van der Waals surface area contributed by atoms with Gasteiger partial charge in [-0.05, 0) is 57.4 Å². The highest BCUT2D eigenvalue weighted by molar-refractivity contribution is 5.91. The number of benzene rings is 2. The fraction of sp³-hybridized carbons (Fsp3) is 0.407. The van der Waals surface area contributed by atoms with Gasteiger partial charge in [0.25, 0.3) is 0 Å². The van der Waals surface area contributed by atoms with Crippen LogP contribution in [0.4, 0.5) is 4.79 Å². The number of rotatable bonds is 6. The molecule has 2 unspecified atom stereocenters. The molecule has 0 aliphatic carbocycles. The Balaban J connectivity index is 1.64. The first-order valence-corrected chi connectivity index (χ1v) is 11.7. The fourth-order valence-corrected chi connectivity index (χ4v) is 3.99. The maximum atomic E-state index is 13.2. The Hall–Kier alpha value is -3.86. The molecule has 1 heterocycles. The molecule has 3 rings (SSSR count). The van der Waals surface area contributed by atoms with Gasteiger partial charge in [-0.3, -0.25) is 14.5 Å². The van der Waals surface area contributed by atoms with Crippen LogP contribution in [0.25, 0.3) is 0 Å². The molecule has 1 saturated heterocycles. The van der Waals surface area contributed by atoms with Gasteiger partial charge in [0.05, 0.1) is 11.6 Å². The van der Waals surface area contributed by atoms with E-state index in [0.717, 1.165) is 11.1 Å². The Labute approximate surface area is 206 Å². The number of hydrogen-bond donors (Lipinski definition) is 2. The summed E-state index contributed by atoms with van der Waals surface area (Å²) >= 11 is 0. The van der Waals surface area contributed by atoms with E-state index in [1.807, 2.05) is 30.3 Å². The van der Waals surface area contributed by atoms with Gasteiger partial charge in [0, 0.05) is 19.0 Å². The minimum absolute atomic E-state index is 0.0139. The molecule has 184 valence electrons. The maximum absolute atomic E-state index is 13.2. The summed E-state index contributed by atoms with van der Waals surface area (Å²) < 4.78 is 5.55. The first kappa shape index (κ1) is 25.8. The SMILES string of the molecule is CC(NC(=O)[C@H]1CC(c2ccccc2)CN1C(=O)OC(C)(C)C)C(=O)NCc1ccc(C#N)cc1. The number of carbonyl (C=O) groups is 3. The zero-order valence-corrected chi connectivity index (χ0v) is 20.6. The molecule has 3 amide bonds. The molecule has 2 N–H and O–H groups in total. The van der Waals surface area contributed by atoms with Crippen LogP contribution < -0.4 is 10.6 Å². The minimum atomic E-state index is -0.794. The summed E-state index contributed by atoms with van der Waals surface area (Å²) in [6.07, 6.45) is -0.108. The molecular weight excluding hydrogens is 444 g/mol. The largest absolute Gasteiger partial charge is 0.444 e. The average molecular weight is 477 g/mol. The lowest BCUT2D eigenvalue weighted by Crippen LogP contribution is -2.52. The van der Waals surface area contributed by atoms with Gasteiger partial charge in [-0.15, -0.1) is 0 Å². The van der Waals surface area contributed by atoms with Crippen molar-refractivity contribution in [3.8, 4) is 6.07 Å². The Morgan fingerprint density at radius 2 is 1.77 bits per heavy atom. The molecule has 8 heteroatoms. The topological polar surface area (TPSA) is 112 Å². The fourth-order valence-electron chi connectivity index (χ4n) is 3.99. The van der Waals surface area contributed by atoms with Crippen molar-refractivity contribution in [2.45, 2.75) is 64.3 Å². The molecule has 1 fully saturated rings. The number of nitrogens with one attached hydrogen (secondary N) is 2. The smallest absolute Gasteiger partial charge is 0.410 e. The number of ether oxygens (including phenoxy) is 1. The molecule has 0 saturated carbocycles. The molecule has 1 aliphatic rings. The quantitative estimate of drug-likeness (QED) is 0.663. The standard InChI is InChI=1S/C27H32N4O4/c1-18(24(32)29-16-20-12-10-19(15-28)11-13-20)30-25(33)23-14-22(21-8-6-5-7-9-21)17-31(23)26(34)35-27(2,3)4/h5-13,18,22-23H,14,16-17H2,1-4H3,(H,29,32)(H,30,33)/t18?,22?,23-/m1/s1. The van der Waals surface area contributed by atoms with Crippen LogP contribution in [0.15, 0.2) is 54.6 Å². The van der Waals surface area contributed by atoms with Crippen molar-refractivity contribution in [3.05, 3.63) is 71.3 Å². The van der Waals surface area contributed by atoms with Crippen LogP contribution in [-0.4, -0.2) is 47.0 Å². The third-order valence-electron chi connectivity index (χ3n) is 5.80. The van der Waals surface area contributed by atoms with Crippen LogP contribution in [0.5, 0.6) is 0 Å². The van der Waals surface area contributed by atoms with Gasteiger partial charge in [0.1, 0.15) is 17.7 Å². The van der Waals surface area contributed by atoms with E-state index in [4.69, 9.17) is 10.00 Å². The summed E-state index contributed by atoms with van der Waals surface area (Å²) in [7, 11) is 0. The van der Waals surface area contributed by atoms with Gasteiger partial charge in [-0.1, -0.05) is 42.5 Å². The summed E-state index contributed by atoms with van der Waals surface area (Å²) in [5.74, 6) is -0.751. The van der Waals surface area contributed by atoms with Gasteiger partial charge in [0.15, 0.2) is 0 Å². The van der Waals surface area contributed by atoms with Crippen LogP contribution in [0.2, 0.25) is 0 Å². The zero-order valence-electron chi connectivity index (χ0n) is 20.6. The van der Waals surface area contributed by atoms with Crippen LogP contribution in [0.3, 0.4) is 0 Å². The van der Waals surface area contributed by atoms with Crippen molar-refractivity contribution in [1.82, 2.24) is 15.5 Å². The number of amides is 3. The molecule has 0 radical (unpaired) electrons. The average Bonchev–Trinajstić information content (AvgIpc) is 3.28. The monoisotopic (exact) mass is 476 g/mol. The first-order chi connectivity index (χ1) is 16.6. The van der Waals surface area contributed by atoms with E-state index in [1.165, 1.54) is 4.90 Å². The second-order valence-corrected chi connectivity index (χ2v) is 9.75. The zero-order chi connectivity index (χ0) is 25.6. The number of likely N-dealkylation sites (tertiary alicyclic amines) is 1. The molecule has 35 heavy (non-hydrogen) atoms. The number of nitriles is 1. The summed E-state index contributed by atoms with van der Waals surface area (Å²) in [4.78, 5) is 40.1. The van der Waals surface area contributed by atoms with E-state index in [2.05, 4.69) is 16.7 Å². The molecule has 1 aliphatic heterocycles. The molecule has 0 aromatic heterocycles. The number of hydrogen-bond acceptors (Lipinski definition) is 5. The molecule has 8 nitrogen and oxygen atoms in total. The third-order valence-corrected chi connectivity index (χ3v) is 5.80. The minimum Gasteiger partial charge on any atom is -0.444 e. The summed E-state index contributed by atoms with van der Waals surface area (Å²) in [6.45, 7) is 7.58. The molecule has 3 atom stereocenters. The van der Waals surface area contributed by atoms with Gasteiger partial charge in [-0.2, -0.15) is 5.26 Å². The Bertz CT molecular complexity index is 1090. The van der Waals surface area contributed by atoms with Crippen LogP contribution in [0.1, 0.15) is 56.7 Å². The van der Waals surface area contributed by atoms with Gasteiger partial charge < -0.3 is 15.4 Å². The lowest BCUT2D eigenvalue weighted by atomic mass is 9.96. The molecule has 0 bridgehead atoms. The highest BCUT2D eigenvalue weighted by atomic mass is 16.6. The lowest BCUT2D eigenvalue weighted by Gasteiger charge is -2.28. The normalized spacial score (nSPS) is 18.3. The van der Waals surface area contributed by atoms with E-state index in [1.54, 1.807) is 52.0 Å². The van der Waals surface area contributed by atoms with E-state index in [-0.39, 0.29) is 18.4 Å². The predicted octanol–water partition coefficient (Wildman–Crippen LogP) is 3.47. The predicted molar refractivity (Wildman–Crippen MR) is 131 cm³/mol. The van der Waals surface area contributed by atoms with Crippen molar-refractivity contribution in [2.24, 2.45) is 0 Å². The first-order valence-electron chi connectivity index (χ1n) is 11.7. The van der Waals surface area contributed by atoms with Gasteiger partial charge in [0.2, 0.25) is 11.8 Å². The number of nitrogens with zero attached hydrogens (tertiary/aromatic N) is 2.